The highest BCUT2D eigenvalue weighted by molar-refractivity contribution is 5.77. The molecule has 0 spiro atoms. The Hall–Kier alpha value is -2.18. The second-order valence-electron chi connectivity index (χ2n) is 7.54. The molecular weight excluding hydrogens is 304 g/mol. The number of rotatable bonds is 3. The van der Waals surface area contributed by atoms with Gasteiger partial charge in [-0.15, -0.1) is 0 Å². The quantitative estimate of drug-likeness (QED) is 0.858. The maximum atomic E-state index is 12.4. The molecule has 1 amide bonds. The Morgan fingerprint density at radius 3 is 2.54 bits per heavy atom. The van der Waals surface area contributed by atoms with Crippen LogP contribution in [-0.4, -0.2) is 56.6 Å². The first-order chi connectivity index (χ1) is 11.4. The van der Waals surface area contributed by atoms with Crippen LogP contribution in [0.4, 0.5) is 5.82 Å². The summed E-state index contributed by atoms with van der Waals surface area (Å²) < 4.78 is 1.78. The lowest BCUT2D eigenvalue weighted by molar-refractivity contribution is -0.133. The van der Waals surface area contributed by atoms with E-state index >= 15 is 0 Å². The molecule has 7 heteroatoms. The zero-order valence-electron chi connectivity index (χ0n) is 15.0. The van der Waals surface area contributed by atoms with E-state index in [-0.39, 0.29) is 11.3 Å². The number of nitrogens with zero attached hydrogens (tertiary/aromatic N) is 6. The molecule has 0 saturated carbocycles. The average Bonchev–Trinajstić information content (AvgIpc) is 3.00. The molecule has 3 rings (SSSR count). The lowest BCUT2D eigenvalue weighted by Crippen LogP contribution is -2.49. The van der Waals surface area contributed by atoms with Crippen molar-refractivity contribution in [2.24, 2.45) is 5.41 Å². The number of piperazine rings is 1. The van der Waals surface area contributed by atoms with Gasteiger partial charge < -0.3 is 9.80 Å². The van der Waals surface area contributed by atoms with Crippen molar-refractivity contribution in [1.82, 2.24) is 24.5 Å². The van der Waals surface area contributed by atoms with Gasteiger partial charge in [-0.3, -0.25) is 4.79 Å². The van der Waals surface area contributed by atoms with Crippen LogP contribution in [0.25, 0.3) is 5.78 Å². The van der Waals surface area contributed by atoms with Crippen molar-refractivity contribution < 1.29 is 4.79 Å². The molecule has 7 nitrogen and oxygen atoms in total. The predicted octanol–water partition coefficient (Wildman–Crippen LogP) is 1.77. The summed E-state index contributed by atoms with van der Waals surface area (Å²) in [7, 11) is 0. The van der Waals surface area contributed by atoms with Crippen LogP contribution in [0.2, 0.25) is 0 Å². The monoisotopic (exact) mass is 330 g/mol. The van der Waals surface area contributed by atoms with Crippen molar-refractivity contribution in [3.8, 4) is 0 Å². The zero-order chi connectivity index (χ0) is 17.3. The number of hydrogen-bond acceptors (Lipinski definition) is 5. The minimum absolute atomic E-state index is 0.0300. The average molecular weight is 330 g/mol. The molecule has 24 heavy (non-hydrogen) atoms. The van der Waals surface area contributed by atoms with E-state index in [1.807, 2.05) is 4.90 Å². The standard InChI is InChI=1S/C17H26N6O/c1-5-13-10-14(23-16(20-13)18-12-19-23)21-6-8-22(9-7-21)15(24)11-17(2,3)4/h10,12H,5-9,11H2,1-4H3. The molecular formula is C17H26N6O. The fourth-order valence-electron chi connectivity index (χ4n) is 3.00. The van der Waals surface area contributed by atoms with Gasteiger partial charge in [0.15, 0.2) is 0 Å². The van der Waals surface area contributed by atoms with E-state index in [9.17, 15) is 4.79 Å². The summed E-state index contributed by atoms with van der Waals surface area (Å²) in [5, 5.41) is 4.29. The maximum absolute atomic E-state index is 12.4. The molecule has 0 radical (unpaired) electrons. The first-order valence-electron chi connectivity index (χ1n) is 8.60. The molecule has 0 aromatic carbocycles. The Balaban J connectivity index is 1.73. The van der Waals surface area contributed by atoms with Gasteiger partial charge in [0.1, 0.15) is 12.1 Å². The van der Waals surface area contributed by atoms with E-state index in [0.717, 1.165) is 44.1 Å². The maximum Gasteiger partial charge on any atom is 0.254 e. The number of amides is 1. The molecule has 0 aliphatic carbocycles. The number of fused-ring (bicyclic) bond motifs is 1. The molecule has 2 aromatic heterocycles. The molecule has 1 fully saturated rings. The van der Waals surface area contributed by atoms with Gasteiger partial charge in [0.25, 0.3) is 5.78 Å². The Kier molecular flexibility index (Phi) is 4.43. The van der Waals surface area contributed by atoms with Crippen LogP contribution in [0.15, 0.2) is 12.4 Å². The topological polar surface area (TPSA) is 66.6 Å². The van der Waals surface area contributed by atoms with E-state index in [1.165, 1.54) is 6.33 Å². The summed E-state index contributed by atoms with van der Waals surface area (Å²) in [5.74, 6) is 1.89. The smallest absolute Gasteiger partial charge is 0.254 e. The summed E-state index contributed by atoms with van der Waals surface area (Å²) in [6.45, 7) is 11.5. The van der Waals surface area contributed by atoms with E-state index in [0.29, 0.717) is 12.2 Å². The number of aromatic nitrogens is 4. The molecule has 1 saturated heterocycles. The van der Waals surface area contributed by atoms with Crippen LogP contribution < -0.4 is 4.90 Å². The number of carbonyl (C=O) groups excluding carboxylic acids is 1. The third-order valence-electron chi connectivity index (χ3n) is 4.29. The van der Waals surface area contributed by atoms with Crippen LogP contribution >= 0.6 is 0 Å². The summed E-state index contributed by atoms with van der Waals surface area (Å²) in [5.41, 5.74) is 1.04. The summed E-state index contributed by atoms with van der Waals surface area (Å²) in [6.07, 6.45) is 2.99. The lowest BCUT2D eigenvalue weighted by Gasteiger charge is -2.37. The summed E-state index contributed by atoms with van der Waals surface area (Å²) >= 11 is 0. The Bertz CT molecular complexity index is 724. The highest BCUT2D eigenvalue weighted by atomic mass is 16.2. The Morgan fingerprint density at radius 1 is 1.21 bits per heavy atom. The molecule has 1 aliphatic rings. The largest absolute Gasteiger partial charge is 0.353 e. The second-order valence-corrected chi connectivity index (χ2v) is 7.54. The molecule has 1 aliphatic heterocycles. The zero-order valence-corrected chi connectivity index (χ0v) is 15.0. The normalized spacial score (nSPS) is 16.0. The molecule has 3 heterocycles. The molecule has 130 valence electrons. The number of aryl methyl sites for hydroxylation is 1. The fourth-order valence-corrected chi connectivity index (χ4v) is 3.00. The highest BCUT2D eigenvalue weighted by Gasteiger charge is 2.26. The van der Waals surface area contributed by atoms with Crippen LogP contribution in [0.1, 0.15) is 39.8 Å². The first kappa shape index (κ1) is 16.7. The molecule has 0 atom stereocenters. The summed E-state index contributed by atoms with van der Waals surface area (Å²) in [6, 6.07) is 2.08. The summed E-state index contributed by atoms with van der Waals surface area (Å²) in [4.78, 5) is 25.3. The number of hydrogen-bond donors (Lipinski definition) is 0. The third-order valence-corrected chi connectivity index (χ3v) is 4.29. The van der Waals surface area contributed by atoms with Gasteiger partial charge in [0.2, 0.25) is 5.91 Å². The van der Waals surface area contributed by atoms with Gasteiger partial charge in [-0.1, -0.05) is 27.7 Å². The SMILES string of the molecule is CCc1cc(N2CCN(C(=O)CC(C)(C)C)CC2)n2ncnc2n1. The van der Waals surface area contributed by atoms with Crippen molar-refractivity contribution in [1.29, 1.82) is 0 Å². The highest BCUT2D eigenvalue weighted by Crippen LogP contribution is 2.22. The van der Waals surface area contributed by atoms with Crippen molar-refractivity contribution >= 4 is 17.5 Å². The van der Waals surface area contributed by atoms with Crippen molar-refractivity contribution in [2.75, 3.05) is 31.1 Å². The van der Waals surface area contributed by atoms with Crippen molar-refractivity contribution in [2.45, 2.75) is 40.5 Å². The second kappa shape index (κ2) is 6.37. The first-order valence-corrected chi connectivity index (χ1v) is 8.60. The molecule has 2 aromatic rings. The Morgan fingerprint density at radius 2 is 1.92 bits per heavy atom. The Labute approximate surface area is 142 Å². The minimum atomic E-state index is 0.0300. The van der Waals surface area contributed by atoms with Crippen LogP contribution in [0.3, 0.4) is 0 Å². The van der Waals surface area contributed by atoms with E-state index in [2.05, 4.69) is 53.7 Å². The van der Waals surface area contributed by atoms with Crippen LogP contribution in [-0.2, 0) is 11.2 Å². The molecule has 0 N–H and O–H groups in total. The minimum Gasteiger partial charge on any atom is -0.353 e. The lowest BCUT2D eigenvalue weighted by atomic mass is 9.91. The fraction of sp³-hybridized carbons (Fsp3) is 0.647. The van der Waals surface area contributed by atoms with E-state index in [1.54, 1.807) is 4.52 Å². The third kappa shape index (κ3) is 3.49. The molecule has 0 bridgehead atoms. The van der Waals surface area contributed by atoms with Crippen molar-refractivity contribution in [3.05, 3.63) is 18.1 Å². The van der Waals surface area contributed by atoms with Gasteiger partial charge in [0.05, 0.1) is 0 Å². The van der Waals surface area contributed by atoms with E-state index in [4.69, 9.17) is 0 Å². The van der Waals surface area contributed by atoms with Crippen molar-refractivity contribution in [3.63, 3.8) is 0 Å². The van der Waals surface area contributed by atoms with Gasteiger partial charge in [-0.25, -0.2) is 4.98 Å². The van der Waals surface area contributed by atoms with E-state index < -0.39 is 0 Å². The molecule has 0 unspecified atom stereocenters. The van der Waals surface area contributed by atoms with Crippen LogP contribution in [0.5, 0.6) is 0 Å². The van der Waals surface area contributed by atoms with Gasteiger partial charge in [-0.2, -0.15) is 14.6 Å². The van der Waals surface area contributed by atoms with Gasteiger partial charge >= 0.3 is 0 Å². The number of carbonyl (C=O) groups is 1. The van der Waals surface area contributed by atoms with Gasteiger partial charge in [-0.05, 0) is 11.8 Å². The predicted molar refractivity (Wildman–Crippen MR) is 93.0 cm³/mol. The number of anilines is 1. The van der Waals surface area contributed by atoms with Crippen LogP contribution in [0, 0.1) is 5.41 Å². The van der Waals surface area contributed by atoms with Gasteiger partial charge in [0, 0.05) is 44.4 Å².